The summed E-state index contributed by atoms with van der Waals surface area (Å²) in [5.41, 5.74) is 0.0216. The lowest BCUT2D eigenvalue weighted by atomic mass is 10.2. The number of nitrogens with zero attached hydrogens (tertiary/aromatic N) is 1. The molecule has 1 unspecified atom stereocenters. The van der Waals surface area contributed by atoms with Crippen LogP contribution in [0.1, 0.15) is 17.3 Å². The van der Waals surface area contributed by atoms with E-state index in [2.05, 4.69) is 15.6 Å². The first-order valence-corrected chi connectivity index (χ1v) is 4.70. The van der Waals surface area contributed by atoms with E-state index in [9.17, 15) is 9.18 Å². The minimum atomic E-state index is -0.605. The van der Waals surface area contributed by atoms with Crippen LogP contribution in [0.2, 0.25) is 0 Å². The number of hydrogen-bond acceptors (Lipinski definition) is 3. The molecule has 0 saturated heterocycles. The number of pyridine rings is 1. The molecule has 1 aromatic rings. The lowest BCUT2D eigenvalue weighted by Gasteiger charge is -2.11. The van der Waals surface area contributed by atoms with Crippen molar-refractivity contribution in [2.24, 2.45) is 0 Å². The molecule has 0 saturated carbocycles. The van der Waals surface area contributed by atoms with Gasteiger partial charge in [0.2, 0.25) is 0 Å². The molecule has 0 aliphatic carbocycles. The number of rotatable bonds is 4. The van der Waals surface area contributed by atoms with Crippen molar-refractivity contribution in [2.45, 2.75) is 13.0 Å². The van der Waals surface area contributed by atoms with Gasteiger partial charge in [-0.15, -0.1) is 24.8 Å². The van der Waals surface area contributed by atoms with E-state index in [1.807, 2.05) is 6.92 Å². The Hall–Kier alpha value is -0.910. The Kier molecular flexibility index (Phi) is 9.94. The fourth-order valence-corrected chi connectivity index (χ4v) is 1.00. The van der Waals surface area contributed by atoms with E-state index in [0.29, 0.717) is 6.54 Å². The predicted molar refractivity (Wildman–Crippen MR) is 69.5 cm³/mol. The van der Waals surface area contributed by atoms with Crippen LogP contribution in [0.4, 0.5) is 4.39 Å². The summed E-state index contributed by atoms with van der Waals surface area (Å²) in [5.74, 6) is -1.02. The van der Waals surface area contributed by atoms with Gasteiger partial charge < -0.3 is 10.6 Å². The number of amides is 1. The van der Waals surface area contributed by atoms with E-state index >= 15 is 0 Å². The molecule has 0 aliphatic heterocycles. The average Bonchev–Trinajstić information content (AvgIpc) is 2.26. The van der Waals surface area contributed by atoms with Gasteiger partial charge in [-0.1, -0.05) is 0 Å². The molecule has 1 rings (SSSR count). The highest BCUT2D eigenvalue weighted by Crippen LogP contribution is 2.03. The second-order valence-electron chi connectivity index (χ2n) is 3.26. The number of aromatic nitrogens is 1. The minimum absolute atomic E-state index is 0. The van der Waals surface area contributed by atoms with Gasteiger partial charge >= 0.3 is 0 Å². The van der Waals surface area contributed by atoms with Gasteiger partial charge in [0.15, 0.2) is 5.82 Å². The van der Waals surface area contributed by atoms with E-state index in [1.165, 1.54) is 12.3 Å². The van der Waals surface area contributed by atoms with E-state index in [0.717, 1.165) is 6.20 Å². The molecular weight excluding hydrogens is 268 g/mol. The zero-order valence-corrected chi connectivity index (χ0v) is 11.2. The third-order valence-corrected chi connectivity index (χ3v) is 2.08. The Morgan fingerprint density at radius 2 is 2.18 bits per heavy atom. The van der Waals surface area contributed by atoms with Crippen LogP contribution in [-0.4, -0.2) is 30.5 Å². The maximum absolute atomic E-state index is 13.1. The van der Waals surface area contributed by atoms with E-state index in [1.54, 1.807) is 7.05 Å². The first kappa shape index (κ1) is 18.5. The smallest absolute Gasteiger partial charge is 0.254 e. The Balaban J connectivity index is 0. The van der Waals surface area contributed by atoms with Crippen molar-refractivity contribution in [3.8, 4) is 0 Å². The molecule has 0 aliphatic rings. The van der Waals surface area contributed by atoms with Gasteiger partial charge in [0.1, 0.15) is 0 Å². The molecule has 7 heteroatoms. The number of likely N-dealkylation sites (N-methyl/N-ethyl adjacent to an activating group) is 1. The summed E-state index contributed by atoms with van der Waals surface area (Å²) in [7, 11) is 1.80. The monoisotopic (exact) mass is 283 g/mol. The molecule has 98 valence electrons. The van der Waals surface area contributed by atoms with Crippen molar-refractivity contribution in [1.82, 2.24) is 15.6 Å². The summed E-state index contributed by atoms with van der Waals surface area (Å²) < 4.78 is 13.1. The number of halogens is 3. The summed E-state index contributed by atoms with van der Waals surface area (Å²) in [4.78, 5) is 15.1. The van der Waals surface area contributed by atoms with Crippen LogP contribution in [0.25, 0.3) is 0 Å². The fraction of sp³-hybridized carbons (Fsp3) is 0.400. The number of nitrogens with one attached hydrogen (secondary N) is 2. The molecule has 4 nitrogen and oxygen atoms in total. The number of hydrogen-bond donors (Lipinski definition) is 2. The summed E-state index contributed by atoms with van der Waals surface area (Å²) in [6.07, 6.45) is 2.41. The zero-order chi connectivity index (χ0) is 11.3. The molecule has 2 N–H and O–H groups in total. The van der Waals surface area contributed by atoms with Crippen LogP contribution in [0, 0.1) is 5.82 Å². The van der Waals surface area contributed by atoms with Gasteiger partial charge in [-0.3, -0.25) is 9.78 Å². The Morgan fingerprint density at radius 1 is 1.53 bits per heavy atom. The van der Waals surface area contributed by atoms with Gasteiger partial charge in [-0.05, 0) is 20.0 Å². The normalized spacial score (nSPS) is 10.8. The predicted octanol–water partition coefficient (Wildman–Crippen LogP) is 1.40. The summed E-state index contributed by atoms with van der Waals surface area (Å²) >= 11 is 0. The Bertz CT molecular complexity index is 352. The van der Waals surface area contributed by atoms with Gasteiger partial charge in [0.25, 0.3) is 5.91 Å². The zero-order valence-electron chi connectivity index (χ0n) is 9.57. The standard InChI is InChI=1S/C10H14FN3O.2ClH/c1-7(12-2)5-14-10(15)8-3-4-13-6-9(8)11;;/h3-4,6-7,12H,5H2,1-2H3,(H,14,15);2*1H. The van der Waals surface area contributed by atoms with Gasteiger partial charge in [-0.25, -0.2) is 4.39 Å². The van der Waals surface area contributed by atoms with E-state index < -0.39 is 11.7 Å². The van der Waals surface area contributed by atoms with Crippen molar-refractivity contribution < 1.29 is 9.18 Å². The summed E-state index contributed by atoms with van der Waals surface area (Å²) in [6.45, 7) is 2.38. The Labute approximate surface area is 112 Å². The van der Waals surface area contributed by atoms with Crippen LogP contribution in [0.5, 0.6) is 0 Å². The van der Waals surface area contributed by atoms with Gasteiger partial charge in [-0.2, -0.15) is 0 Å². The first-order chi connectivity index (χ1) is 7.15. The largest absolute Gasteiger partial charge is 0.350 e. The molecule has 1 aromatic heterocycles. The van der Waals surface area contributed by atoms with E-state index in [-0.39, 0.29) is 36.4 Å². The maximum Gasteiger partial charge on any atom is 0.254 e. The summed E-state index contributed by atoms with van der Waals surface area (Å²) in [5, 5.41) is 5.59. The Morgan fingerprint density at radius 3 is 2.71 bits per heavy atom. The van der Waals surface area contributed by atoms with E-state index in [4.69, 9.17) is 0 Å². The molecule has 0 radical (unpaired) electrons. The van der Waals surface area contributed by atoms with Crippen molar-refractivity contribution in [3.05, 3.63) is 29.8 Å². The molecule has 1 heterocycles. The molecular formula is C10H16Cl2FN3O. The fourth-order valence-electron chi connectivity index (χ4n) is 1.00. The molecule has 0 bridgehead atoms. The first-order valence-electron chi connectivity index (χ1n) is 4.70. The van der Waals surface area contributed by atoms with Crippen LogP contribution in [-0.2, 0) is 0 Å². The van der Waals surface area contributed by atoms with Crippen molar-refractivity contribution in [3.63, 3.8) is 0 Å². The second-order valence-corrected chi connectivity index (χ2v) is 3.26. The van der Waals surface area contributed by atoms with Crippen LogP contribution < -0.4 is 10.6 Å². The topological polar surface area (TPSA) is 54.0 Å². The minimum Gasteiger partial charge on any atom is -0.350 e. The summed E-state index contributed by atoms with van der Waals surface area (Å²) in [6, 6.07) is 1.51. The molecule has 1 atom stereocenters. The van der Waals surface area contributed by atoms with Crippen molar-refractivity contribution in [2.75, 3.05) is 13.6 Å². The van der Waals surface area contributed by atoms with Crippen LogP contribution in [0.15, 0.2) is 18.5 Å². The van der Waals surface area contributed by atoms with Gasteiger partial charge in [0, 0.05) is 18.8 Å². The number of carbonyl (C=O) groups is 1. The molecule has 0 fully saturated rings. The molecule has 0 aromatic carbocycles. The SMILES string of the molecule is CNC(C)CNC(=O)c1ccncc1F.Cl.Cl. The van der Waals surface area contributed by atoms with Crippen LogP contribution >= 0.6 is 24.8 Å². The van der Waals surface area contributed by atoms with Crippen molar-refractivity contribution >= 4 is 30.7 Å². The highest BCUT2D eigenvalue weighted by molar-refractivity contribution is 5.94. The average molecular weight is 284 g/mol. The van der Waals surface area contributed by atoms with Gasteiger partial charge in [0.05, 0.1) is 11.8 Å². The lowest BCUT2D eigenvalue weighted by Crippen LogP contribution is -2.37. The number of carbonyl (C=O) groups excluding carboxylic acids is 1. The maximum atomic E-state index is 13.1. The second kappa shape index (κ2) is 9.15. The van der Waals surface area contributed by atoms with Crippen LogP contribution in [0.3, 0.4) is 0 Å². The molecule has 0 spiro atoms. The highest BCUT2D eigenvalue weighted by atomic mass is 35.5. The lowest BCUT2D eigenvalue weighted by molar-refractivity contribution is 0.0946. The van der Waals surface area contributed by atoms with Crippen molar-refractivity contribution in [1.29, 1.82) is 0 Å². The molecule has 1 amide bonds. The quantitative estimate of drug-likeness (QED) is 0.878. The molecule has 17 heavy (non-hydrogen) atoms. The highest BCUT2D eigenvalue weighted by Gasteiger charge is 2.11. The third-order valence-electron chi connectivity index (χ3n) is 2.08. The third kappa shape index (κ3) is 5.81.